The predicted molar refractivity (Wildman–Crippen MR) is 76.4 cm³/mol. The summed E-state index contributed by atoms with van der Waals surface area (Å²) in [5.74, 6) is -0.166. The molecule has 2 rings (SSSR count). The van der Waals surface area contributed by atoms with Crippen molar-refractivity contribution >= 4 is 18.3 Å². The SMILES string of the molecule is CNC1(CC=O)CN(c2nccc(C(F)(F)F)n2)CCN1C(=O)O. The van der Waals surface area contributed by atoms with Crippen molar-refractivity contribution < 1.29 is 27.9 Å². The van der Waals surface area contributed by atoms with Gasteiger partial charge in [-0.2, -0.15) is 13.2 Å². The molecule has 1 atom stereocenters. The Labute approximate surface area is 135 Å². The number of likely N-dealkylation sites (N-methyl/N-ethyl adjacent to an activating group) is 1. The van der Waals surface area contributed by atoms with Crippen LogP contribution in [0, 0.1) is 0 Å². The molecule has 1 aromatic rings. The number of alkyl halides is 3. The zero-order valence-corrected chi connectivity index (χ0v) is 12.7. The molecule has 0 bridgehead atoms. The largest absolute Gasteiger partial charge is 0.465 e. The number of hydrogen-bond acceptors (Lipinski definition) is 6. The van der Waals surface area contributed by atoms with Crippen molar-refractivity contribution in [3.8, 4) is 0 Å². The molecule has 132 valence electrons. The van der Waals surface area contributed by atoms with E-state index >= 15 is 0 Å². The average molecular weight is 347 g/mol. The van der Waals surface area contributed by atoms with Gasteiger partial charge >= 0.3 is 12.3 Å². The van der Waals surface area contributed by atoms with E-state index in [1.54, 1.807) is 0 Å². The van der Waals surface area contributed by atoms with Gasteiger partial charge in [0.25, 0.3) is 0 Å². The van der Waals surface area contributed by atoms with Crippen LogP contribution in [0.4, 0.5) is 23.9 Å². The van der Waals surface area contributed by atoms with Crippen LogP contribution in [0.1, 0.15) is 12.1 Å². The summed E-state index contributed by atoms with van der Waals surface area (Å²) >= 11 is 0. The van der Waals surface area contributed by atoms with E-state index in [0.29, 0.717) is 6.29 Å². The lowest BCUT2D eigenvalue weighted by atomic mass is 10.0. The molecular weight excluding hydrogens is 331 g/mol. The van der Waals surface area contributed by atoms with Crippen molar-refractivity contribution in [2.75, 3.05) is 31.6 Å². The fourth-order valence-electron chi connectivity index (χ4n) is 2.65. The second-order valence-corrected chi connectivity index (χ2v) is 5.25. The molecule has 11 heteroatoms. The molecule has 0 aromatic carbocycles. The van der Waals surface area contributed by atoms with Crippen LogP contribution in [0.5, 0.6) is 0 Å². The topological polar surface area (TPSA) is 98.7 Å². The summed E-state index contributed by atoms with van der Waals surface area (Å²) in [6, 6.07) is 0.758. The molecule has 0 spiro atoms. The van der Waals surface area contributed by atoms with E-state index in [2.05, 4.69) is 15.3 Å². The van der Waals surface area contributed by atoms with Gasteiger partial charge < -0.3 is 14.8 Å². The number of aldehydes is 1. The molecule has 1 amide bonds. The Morgan fingerprint density at radius 2 is 2.21 bits per heavy atom. The Morgan fingerprint density at radius 1 is 1.50 bits per heavy atom. The molecule has 1 fully saturated rings. The minimum atomic E-state index is -4.61. The summed E-state index contributed by atoms with van der Waals surface area (Å²) in [7, 11) is 1.48. The van der Waals surface area contributed by atoms with Crippen LogP contribution in [0.3, 0.4) is 0 Å². The maximum absolute atomic E-state index is 12.8. The molecule has 2 heterocycles. The Balaban J connectivity index is 2.34. The van der Waals surface area contributed by atoms with E-state index in [-0.39, 0.29) is 32.0 Å². The first-order chi connectivity index (χ1) is 11.2. The van der Waals surface area contributed by atoms with E-state index in [4.69, 9.17) is 0 Å². The van der Waals surface area contributed by atoms with Gasteiger partial charge in [-0.1, -0.05) is 0 Å². The molecule has 1 aromatic heterocycles. The van der Waals surface area contributed by atoms with Crippen molar-refractivity contribution in [2.45, 2.75) is 18.3 Å². The molecule has 8 nitrogen and oxygen atoms in total. The number of carbonyl (C=O) groups excluding carboxylic acids is 1. The van der Waals surface area contributed by atoms with Crippen molar-refractivity contribution in [2.24, 2.45) is 0 Å². The third-order valence-corrected chi connectivity index (χ3v) is 3.90. The van der Waals surface area contributed by atoms with Crippen molar-refractivity contribution in [1.29, 1.82) is 0 Å². The number of nitrogens with zero attached hydrogens (tertiary/aromatic N) is 4. The molecule has 0 saturated carbocycles. The first-order valence-corrected chi connectivity index (χ1v) is 7.02. The highest BCUT2D eigenvalue weighted by Crippen LogP contribution is 2.29. The first-order valence-electron chi connectivity index (χ1n) is 7.02. The Hall–Kier alpha value is -2.43. The van der Waals surface area contributed by atoms with Gasteiger partial charge in [-0.05, 0) is 13.1 Å². The second-order valence-electron chi connectivity index (χ2n) is 5.25. The summed E-state index contributed by atoms with van der Waals surface area (Å²) in [5, 5.41) is 12.1. The molecule has 24 heavy (non-hydrogen) atoms. The third kappa shape index (κ3) is 3.40. The average Bonchev–Trinajstić information content (AvgIpc) is 2.54. The Morgan fingerprint density at radius 3 is 2.75 bits per heavy atom. The van der Waals surface area contributed by atoms with Gasteiger partial charge in [0.1, 0.15) is 17.6 Å². The maximum Gasteiger partial charge on any atom is 0.433 e. The lowest BCUT2D eigenvalue weighted by molar-refractivity contribution is -0.141. The van der Waals surface area contributed by atoms with Gasteiger partial charge in [-0.25, -0.2) is 14.8 Å². The highest BCUT2D eigenvalue weighted by atomic mass is 19.4. The van der Waals surface area contributed by atoms with Gasteiger partial charge in [0.15, 0.2) is 0 Å². The number of aromatic nitrogens is 2. The monoisotopic (exact) mass is 347 g/mol. The van der Waals surface area contributed by atoms with Crippen molar-refractivity contribution in [3.05, 3.63) is 18.0 Å². The van der Waals surface area contributed by atoms with E-state index in [1.807, 2.05) is 0 Å². The zero-order chi connectivity index (χ0) is 18.0. The van der Waals surface area contributed by atoms with E-state index in [0.717, 1.165) is 17.2 Å². The maximum atomic E-state index is 12.8. The van der Waals surface area contributed by atoms with Gasteiger partial charge in [-0.15, -0.1) is 0 Å². The van der Waals surface area contributed by atoms with Gasteiger partial charge in [0.05, 0.1) is 6.54 Å². The van der Waals surface area contributed by atoms with Crippen LogP contribution in [0.15, 0.2) is 12.3 Å². The quantitative estimate of drug-likeness (QED) is 0.777. The molecule has 0 radical (unpaired) electrons. The van der Waals surface area contributed by atoms with Crippen LogP contribution in [-0.4, -0.2) is 64.7 Å². The Bertz CT molecular complexity index is 627. The lowest BCUT2D eigenvalue weighted by Crippen LogP contribution is -2.70. The summed E-state index contributed by atoms with van der Waals surface area (Å²) in [4.78, 5) is 32.2. The van der Waals surface area contributed by atoms with Crippen LogP contribution in [0.2, 0.25) is 0 Å². The molecule has 1 aliphatic heterocycles. The third-order valence-electron chi connectivity index (χ3n) is 3.90. The minimum absolute atomic E-state index is 0.0103. The van der Waals surface area contributed by atoms with Gasteiger partial charge in [-0.3, -0.25) is 10.2 Å². The Kier molecular flexibility index (Phi) is 4.92. The van der Waals surface area contributed by atoms with E-state index < -0.39 is 23.6 Å². The number of anilines is 1. The number of carboxylic acid groups (broad SMARTS) is 1. The second kappa shape index (κ2) is 6.59. The summed E-state index contributed by atoms with van der Waals surface area (Å²) in [6.45, 7) is 0.0371. The molecule has 1 saturated heterocycles. The zero-order valence-electron chi connectivity index (χ0n) is 12.7. The summed E-state index contributed by atoms with van der Waals surface area (Å²) in [5.41, 5.74) is -2.35. The van der Waals surface area contributed by atoms with Crippen molar-refractivity contribution in [1.82, 2.24) is 20.2 Å². The number of hydrogen-bond donors (Lipinski definition) is 2. The van der Waals surface area contributed by atoms with Gasteiger partial charge in [0, 0.05) is 25.7 Å². The summed E-state index contributed by atoms with van der Waals surface area (Å²) in [6.07, 6.45) is -4.44. The number of carbonyl (C=O) groups is 2. The fraction of sp³-hybridized carbons (Fsp3) is 0.538. The molecule has 2 N–H and O–H groups in total. The van der Waals surface area contributed by atoms with Gasteiger partial charge in [0.2, 0.25) is 5.95 Å². The number of amides is 1. The normalized spacial score (nSPS) is 21.7. The number of piperazine rings is 1. The fourth-order valence-corrected chi connectivity index (χ4v) is 2.65. The molecule has 1 aliphatic rings. The van der Waals surface area contributed by atoms with E-state index in [9.17, 15) is 27.9 Å². The van der Waals surface area contributed by atoms with Crippen LogP contribution >= 0.6 is 0 Å². The lowest BCUT2D eigenvalue weighted by Gasteiger charge is -2.48. The standard InChI is InChI=1S/C13H16F3N5O3/c1-17-12(3-7-22)8-20(5-6-21(12)11(23)24)10-18-4-2-9(19-10)13(14,15)16/h2,4,7,17H,3,5-6,8H2,1H3,(H,23,24). The highest BCUT2D eigenvalue weighted by Gasteiger charge is 2.44. The van der Waals surface area contributed by atoms with Crippen LogP contribution in [-0.2, 0) is 11.0 Å². The molecule has 0 aliphatic carbocycles. The molecular formula is C13H16F3N5O3. The summed E-state index contributed by atoms with van der Waals surface area (Å²) < 4.78 is 38.4. The predicted octanol–water partition coefficient (Wildman–Crippen LogP) is 0.800. The highest BCUT2D eigenvalue weighted by molar-refractivity contribution is 5.68. The van der Waals surface area contributed by atoms with Crippen LogP contribution in [0.25, 0.3) is 0 Å². The van der Waals surface area contributed by atoms with Crippen LogP contribution < -0.4 is 10.2 Å². The number of halogens is 3. The number of rotatable bonds is 4. The smallest absolute Gasteiger partial charge is 0.433 e. The number of nitrogens with one attached hydrogen (secondary N) is 1. The van der Waals surface area contributed by atoms with E-state index in [1.165, 1.54) is 11.9 Å². The van der Waals surface area contributed by atoms with Crippen molar-refractivity contribution in [3.63, 3.8) is 0 Å². The minimum Gasteiger partial charge on any atom is -0.465 e. The first kappa shape index (κ1) is 17.9. The molecule has 1 unspecified atom stereocenters.